The van der Waals surface area contributed by atoms with Gasteiger partial charge < -0.3 is 0 Å². The molecular formula is C25H18N2. The Morgan fingerprint density at radius 3 is 2.04 bits per heavy atom. The lowest BCUT2D eigenvalue weighted by molar-refractivity contribution is 1.10. The van der Waals surface area contributed by atoms with Crippen LogP contribution in [0.1, 0.15) is 5.82 Å². The molecule has 0 aliphatic carbocycles. The van der Waals surface area contributed by atoms with Crippen molar-refractivity contribution in [1.29, 1.82) is 0 Å². The van der Waals surface area contributed by atoms with E-state index >= 15 is 0 Å². The van der Waals surface area contributed by atoms with E-state index < -0.39 is 0 Å². The first-order valence-corrected chi connectivity index (χ1v) is 9.11. The molecule has 0 spiro atoms. The van der Waals surface area contributed by atoms with E-state index in [4.69, 9.17) is 4.98 Å². The van der Waals surface area contributed by atoms with Crippen LogP contribution in [0.2, 0.25) is 0 Å². The monoisotopic (exact) mass is 346 g/mol. The Morgan fingerprint density at radius 1 is 0.556 bits per heavy atom. The molecule has 0 aliphatic heterocycles. The van der Waals surface area contributed by atoms with E-state index in [1.807, 2.05) is 13.0 Å². The molecule has 0 saturated carbocycles. The zero-order valence-electron chi connectivity index (χ0n) is 15.1. The molecule has 1 aromatic heterocycles. The maximum atomic E-state index is 4.80. The van der Waals surface area contributed by atoms with Crippen LogP contribution in [0.25, 0.3) is 44.1 Å². The van der Waals surface area contributed by atoms with Gasteiger partial charge in [0.2, 0.25) is 0 Å². The molecule has 5 aromatic rings. The first-order valence-electron chi connectivity index (χ1n) is 9.11. The van der Waals surface area contributed by atoms with E-state index in [1.165, 1.54) is 21.9 Å². The van der Waals surface area contributed by atoms with Crippen LogP contribution in [-0.2, 0) is 0 Å². The summed E-state index contributed by atoms with van der Waals surface area (Å²) in [6.07, 6.45) is 0. The van der Waals surface area contributed by atoms with Gasteiger partial charge in [0.15, 0.2) is 0 Å². The molecule has 0 atom stereocenters. The molecule has 0 amide bonds. The third kappa shape index (κ3) is 2.85. The third-order valence-electron chi connectivity index (χ3n) is 4.92. The molecular weight excluding hydrogens is 328 g/mol. The highest BCUT2D eigenvalue weighted by Gasteiger charge is 2.10. The normalized spacial score (nSPS) is 11.1. The first kappa shape index (κ1) is 15.7. The number of hydrogen-bond donors (Lipinski definition) is 0. The zero-order chi connectivity index (χ0) is 18.2. The highest BCUT2D eigenvalue weighted by molar-refractivity contribution is 6.02. The van der Waals surface area contributed by atoms with Gasteiger partial charge in [0.1, 0.15) is 5.82 Å². The fourth-order valence-electron chi connectivity index (χ4n) is 3.63. The van der Waals surface area contributed by atoms with Crippen LogP contribution < -0.4 is 0 Å². The van der Waals surface area contributed by atoms with Gasteiger partial charge >= 0.3 is 0 Å². The van der Waals surface area contributed by atoms with Gasteiger partial charge in [0.25, 0.3) is 0 Å². The van der Waals surface area contributed by atoms with Gasteiger partial charge in [-0.2, -0.15) is 0 Å². The van der Waals surface area contributed by atoms with Gasteiger partial charge in [-0.25, -0.2) is 9.97 Å². The minimum Gasteiger partial charge on any atom is -0.233 e. The van der Waals surface area contributed by atoms with Crippen molar-refractivity contribution in [2.45, 2.75) is 6.92 Å². The average Bonchev–Trinajstić information content (AvgIpc) is 2.72. The highest BCUT2D eigenvalue weighted by Crippen LogP contribution is 2.32. The Labute approximate surface area is 158 Å². The summed E-state index contributed by atoms with van der Waals surface area (Å²) in [7, 11) is 0. The van der Waals surface area contributed by atoms with Crippen molar-refractivity contribution in [3.05, 3.63) is 96.8 Å². The van der Waals surface area contributed by atoms with Gasteiger partial charge in [-0.3, -0.25) is 0 Å². The predicted octanol–water partition coefficient (Wildman–Crippen LogP) is 6.43. The molecule has 0 aliphatic rings. The van der Waals surface area contributed by atoms with Crippen molar-refractivity contribution in [2.24, 2.45) is 0 Å². The van der Waals surface area contributed by atoms with Gasteiger partial charge in [-0.15, -0.1) is 0 Å². The molecule has 4 aromatic carbocycles. The Hall–Kier alpha value is -3.52. The second-order valence-electron chi connectivity index (χ2n) is 6.78. The highest BCUT2D eigenvalue weighted by atomic mass is 14.9. The van der Waals surface area contributed by atoms with Gasteiger partial charge in [0, 0.05) is 10.9 Å². The molecule has 0 N–H and O–H groups in total. The fraction of sp³-hybridized carbons (Fsp3) is 0.0400. The van der Waals surface area contributed by atoms with E-state index in [1.54, 1.807) is 0 Å². The van der Waals surface area contributed by atoms with Crippen molar-refractivity contribution in [3.63, 3.8) is 0 Å². The molecule has 0 radical (unpaired) electrons. The van der Waals surface area contributed by atoms with E-state index in [2.05, 4.69) is 89.9 Å². The third-order valence-corrected chi connectivity index (χ3v) is 4.92. The van der Waals surface area contributed by atoms with E-state index in [9.17, 15) is 0 Å². The quantitative estimate of drug-likeness (QED) is 0.344. The Kier molecular flexibility index (Phi) is 3.68. The van der Waals surface area contributed by atoms with Gasteiger partial charge in [0.05, 0.1) is 11.2 Å². The molecule has 128 valence electrons. The second-order valence-corrected chi connectivity index (χ2v) is 6.78. The van der Waals surface area contributed by atoms with Crippen molar-refractivity contribution < 1.29 is 0 Å². The summed E-state index contributed by atoms with van der Waals surface area (Å²) in [5, 5.41) is 3.49. The van der Waals surface area contributed by atoms with Gasteiger partial charge in [-0.1, -0.05) is 72.8 Å². The molecule has 5 rings (SSSR count). The molecule has 27 heavy (non-hydrogen) atoms. The summed E-state index contributed by atoms with van der Waals surface area (Å²) in [5.41, 5.74) is 5.49. The minimum absolute atomic E-state index is 0.790. The summed E-state index contributed by atoms with van der Waals surface area (Å²) in [6.45, 7) is 1.96. The second kappa shape index (κ2) is 6.33. The number of hydrogen-bond acceptors (Lipinski definition) is 2. The molecule has 1 heterocycles. The molecule has 0 bridgehead atoms. The number of benzene rings is 4. The van der Waals surface area contributed by atoms with Gasteiger partial charge in [-0.05, 0) is 47.0 Å². The Balaban J connectivity index is 1.76. The van der Waals surface area contributed by atoms with E-state index in [0.717, 1.165) is 28.0 Å². The Morgan fingerprint density at radius 2 is 1.22 bits per heavy atom. The SMILES string of the molecule is Cc1nc(-c2cccc(-c3ccccc3)c2)c2cc3ccccc3cc2n1. The van der Waals surface area contributed by atoms with Crippen molar-refractivity contribution in [2.75, 3.05) is 0 Å². The topological polar surface area (TPSA) is 25.8 Å². The molecule has 2 nitrogen and oxygen atoms in total. The fourth-order valence-corrected chi connectivity index (χ4v) is 3.63. The van der Waals surface area contributed by atoms with E-state index in [0.29, 0.717) is 0 Å². The van der Waals surface area contributed by atoms with Crippen LogP contribution in [0, 0.1) is 6.92 Å². The van der Waals surface area contributed by atoms with Crippen LogP contribution in [0.5, 0.6) is 0 Å². The lowest BCUT2D eigenvalue weighted by Crippen LogP contribution is -1.94. The summed E-state index contributed by atoms with van der Waals surface area (Å²) in [5.74, 6) is 0.790. The molecule has 2 heteroatoms. The summed E-state index contributed by atoms with van der Waals surface area (Å²) in [4.78, 5) is 9.48. The average molecular weight is 346 g/mol. The summed E-state index contributed by atoms with van der Waals surface area (Å²) < 4.78 is 0. The van der Waals surface area contributed by atoms with Crippen LogP contribution in [0.4, 0.5) is 0 Å². The largest absolute Gasteiger partial charge is 0.233 e. The number of rotatable bonds is 2. The molecule has 0 unspecified atom stereocenters. The number of aromatic nitrogens is 2. The minimum atomic E-state index is 0.790. The maximum Gasteiger partial charge on any atom is 0.126 e. The smallest absolute Gasteiger partial charge is 0.126 e. The number of fused-ring (bicyclic) bond motifs is 2. The maximum absolute atomic E-state index is 4.80. The number of nitrogens with zero attached hydrogens (tertiary/aromatic N) is 2. The summed E-state index contributed by atoms with van der Waals surface area (Å²) in [6, 6.07) is 31.8. The first-order chi connectivity index (χ1) is 13.3. The van der Waals surface area contributed by atoms with Crippen LogP contribution in [0.15, 0.2) is 91.0 Å². The Bertz CT molecular complexity index is 1270. The number of aryl methyl sites for hydroxylation is 1. The molecule has 0 saturated heterocycles. The standard InChI is InChI=1S/C25H18N2/c1-17-26-24-16-21-11-6-5-10-20(21)15-23(24)25(27-17)22-13-7-12-19(14-22)18-8-3-2-4-9-18/h2-16H,1H3. The van der Waals surface area contributed by atoms with Crippen LogP contribution >= 0.6 is 0 Å². The lowest BCUT2D eigenvalue weighted by atomic mass is 9.98. The predicted molar refractivity (Wildman–Crippen MR) is 113 cm³/mol. The molecule has 0 fully saturated rings. The lowest BCUT2D eigenvalue weighted by Gasteiger charge is -2.10. The van der Waals surface area contributed by atoms with E-state index in [-0.39, 0.29) is 0 Å². The van der Waals surface area contributed by atoms with Crippen molar-refractivity contribution in [3.8, 4) is 22.4 Å². The van der Waals surface area contributed by atoms with Crippen LogP contribution in [0.3, 0.4) is 0 Å². The van der Waals surface area contributed by atoms with Crippen molar-refractivity contribution >= 4 is 21.7 Å². The van der Waals surface area contributed by atoms with Crippen molar-refractivity contribution in [1.82, 2.24) is 9.97 Å². The summed E-state index contributed by atoms with van der Waals surface area (Å²) >= 11 is 0. The van der Waals surface area contributed by atoms with Crippen LogP contribution in [-0.4, -0.2) is 9.97 Å². The zero-order valence-corrected chi connectivity index (χ0v) is 15.1.